The first-order valence-corrected chi connectivity index (χ1v) is 8.52. The molecule has 0 spiro atoms. The van der Waals surface area contributed by atoms with E-state index in [0.29, 0.717) is 5.41 Å². The first-order valence-electron chi connectivity index (χ1n) is 7.04. The summed E-state index contributed by atoms with van der Waals surface area (Å²) in [5, 5.41) is 3.41. The second-order valence-corrected chi connectivity index (χ2v) is 7.81. The quantitative estimate of drug-likeness (QED) is 0.698. The summed E-state index contributed by atoms with van der Waals surface area (Å²) in [5.74, 6) is 0.899. The molecule has 6 heteroatoms. The Kier molecular flexibility index (Phi) is 3.17. The summed E-state index contributed by atoms with van der Waals surface area (Å²) >= 11 is 0. The fourth-order valence-electron chi connectivity index (χ4n) is 2.88. The van der Waals surface area contributed by atoms with Crippen LogP contribution >= 0.6 is 0 Å². The van der Waals surface area contributed by atoms with E-state index in [1.807, 2.05) is 0 Å². The van der Waals surface area contributed by atoms with Gasteiger partial charge in [-0.3, -0.25) is 0 Å². The summed E-state index contributed by atoms with van der Waals surface area (Å²) in [4.78, 5) is 0.133. The topological polar surface area (TPSA) is 84.2 Å². The van der Waals surface area contributed by atoms with Gasteiger partial charge in [0.1, 0.15) is 4.90 Å². The first-order chi connectivity index (χ1) is 9.47. The van der Waals surface area contributed by atoms with Gasteiger partial charge >= 0.3 is 0 Å². The molecule has 0 aliphatic heterocycles. The second-order valence-electron chi connectivity index (χ2n) is 5.95. The van der Waals surface area contributed by atoms with Crippen LogP contribution in [-0.4, -0.2) is 22.0 Å². The first kappa shape index (κ1) is 13.7. The predicted octanol–water partition coefficient (Wildman–Crippen LogP) is 1.78. The third kappa shape index (κ3) is 2.50. The Labute approximate surface area is 120 Å². The molecule has 4 N–H and O–H groups in total. The molecule has 0 saturated heterocycles. The van der Waals surface area contributed by atoms with Crippen LogP contribution in [0.1, 0.15) is 25.7 Å². The number of nitrogens with one attached hydrogen (secondary N) is 2. The average Bonchev–Trinajstić information content (AvgIpc) is 3.27. The highest BCUT2D eigenvalue weighted by atomic mass is 32.2. The minimum absolute atomic E-state index is 0.133. The standard InChI is InChI=1S/C14H21N3O2S/c1-16-20(18,19)13-5-4-11(8-12(13)15)17-9-14(6-7-14)10-2-3-10/h4-5,8,10,16-17H,2-3,6-7,9,15H2,1H3. The highest BCUT2D eigenvalue weighted by Crippen LogP contribution is 2.61. The Morgan fingerprint density at radius 3 is 2.55 bits per heavy atom. The molecule has 1 aromatic rings. The summed E-state index contributed by atoms with van der Waals surface area (Å²) in [6.07, 6.45) is 5.35. The van der Waals surface area contributed by atoms with Gasteiger partial charge in [0.15, 0.2) is 0 Å². The summed E-state index contributed by atoms with van der Waals surface area (Å²) in [7, 11) is -2.10. The number of nitrogens with two attached hydrogens (primary N) is 1. The molecule has 2 aliphatic rings. The lowest BCUT2D eigenvalue weighted by atomic mass is 10.0. The van der Waals surface area contributed by atoms with Gasteiger partial charge in [-0.05, 0) is 62.3 Å². The maximum Gasteiger partial charge on any atom is 0.242 e. The number of benzene rings is 1. The number of hydrogen-bond donors (Lipinski definition) is 3. The summed E-state index contributed by atoms with van der Waals surface area (Å²) in [6.45, 7) is 0.967. The zero-order valence-corrected chi connectivity index (χ0v) is 12.5. The monoisotopic (exact) mass is 295 g/mol. The van der Waals surface area contributed by atoms with Crippen molar-refractivity contribution in [3.05, 3.63) is 18.2 Å². The van der Waals surface area contributed by atoms with Crippen molar-refractivity contribution in [2.24, 2.45) is 11.3 Å². The van der Waals surface area contributed by atoms with Crippen LogP contribution in [0.15, 0.2) is 23.1 Å². The molecule has 5 nitrogen and oxygen atoms in total. The number of sulfonamides is 1. The molecule has 0 amide bonds. The van der Waals surface area contributed by atoms with Crippen molar-refractivity contribution in [3.8, 4) is 0 Å². The van der Waals surface area contributed by atoms with Crippen molar-refractivity contribution in [3.63, 3.8) is 0 Å². The van der Waals surface area contributed by atoms with Gasteiger partial charge in [-0.1, -0.05) is 0 Å². The van der Waals surface area contributed by atoms with E-state index >= 15 is 0 Å². The van der Waals surface area contributed by atoms with Crippen LogP contribution in [0.25, 0.3) is 0 Å². The van der Waals surface area contributed by atoms with Gasteiger partial charge in [-0.15, -0.1) is 0 Å². The summed E-state index contributed by atoms with van der Waals surface area (Å²) in [5.41, 5.74) is 7.53. The fraction of sp³-hybridized carbons (Fsp3) is 0.571. The zero-order valence-electron chi connectivity index (χ0n) is 11.6. The molecule has 0 unspecified atom stereocenters. The van der Waals surface area contributed by atoms with E-state index in [0.717, 1.165) is 18.2 Å². The van der Waals surface area contributed by atoms with Gasteiger partial charge < -0.3 is 11.1 Å². The second kappa shape index (κ2) is 4.63. The number of anilines is 2. The van der Waals surface area contributed by atoms with Crippen LogP contribution in [-0.2, 0) is 10.0 Å². The van der Waals surface area contributed by atoms with Crippen molar-refractivity contribution in [2.45, 2.75) is 30.6 Å². The Bertz CT molecular complexity index is 619. The van der Waals surface area contributed by atoms with Crippen molar-refractivity contribution in [1.82, 2.24) is 4.72 Å². The molecule has 0 radical (unpaired) electrons. The van der Waals surface area contributed by atoms with Crippen molar-refractivity contribution in [2.75, 3.05) is 24.6 Å². The third-order valence-corrected chi connectivity index (χ3v) is 6.04. The molecule has 0 bridgehead atoms. The Morgan fingerprint density at radius 1 is 1.35 bits per heavy atom. The molecule has 2 saturated carbocycles. The number of rotatable bonds is 6. The summed E-state index contributed by atoms with van der Waals surface area (Å²) < 4.78 is 25.8. The molecule has 110 valence electrons. The molecule has 0 atom stereocenters. The molecular formula is C14H21N3O2S. The van der Waals surface area contributed by atoms with Crippen LogP contribution in [0.5, 0.6) is 0 Å². The molecular weight excluding hydrogens is 274 g/mol. The van der Waals surface area contributed by atoms with Crippen molar-refractivity contribution < 1.29 is 8.42 Å². The van der Waals surface area contributed by atoms with E-state index in [9.17, 15) is 8.42 Å². The third-order valence-electron chi connectivity index (χ3n) is 4.55. The van der Waals surface area contributed by atoms with E-state index in [1.165, 1.54) is 32.7 Å². The number of nitrogen functional groups attached to an aromatic ring is 1. The van der Waals surface area contributed by atoms with Gasteiger partial charge in [-0.25, -0.2) is 13.1 Å². The maximum atomic E-state index is 11.7. The molecule has 2 aliphatic carbocycles. The maximum absolute atomic E-state index is 11.7. The van der Waals surface area contributed by atoms with E-state index < -0.39 is 10.0 Å². The van der Waals surface area contributed by atoms with Crippen LogP contribution in [0.2, 0.25) is 0 Å². The molecule has 2 fully saturated rings. The van der Waals surface area contributed by atoms with Crippen LogP contribution in [0, 0.1) is 11.3 Å². The number of hydrogen-bond acceptors (Lipinski definition) is 4. The Morgan fingerprint density at radius 2 is 2.05 bits per heavy atom. The van der Waals surface area contributed by atoms with Crippen molar-refractivity contribution >= 4 is 21.4 Å². The van der Waals surface area contributed by atoms with Gasteiger partial charge in [0.2, 0.25) is 10.0 Å². The lowest BCUT2D eigenvalue weighted by molar-refractivity contribution is 0.467. The fourth-order valence-corrected chi connectivity index (χ4v) is 3.71. The van der Waals surface area contributed by atoms with E-state index in [1.54, 1.807) is 18.2 Å². The lowest BCUT2D eigenvalue weighted by Gasteiger charge is -2.17. The minimum atomic E-state index is -3.48. The van der Waals surface area contributed by atoms with Crippen molar-refractivity contribution in [1.29, 1.82) is 0 Å². The van der Waals surface area contributed by atoms with Gasteiger partial charge in [0.05, 0.1) is 5.69 Å². The van der Waals surface area contributed by atoms with Gasteiger partial charge in [-0.2, -0.15) is 0 Å². The zero-order chi connectivity index (χ0) is 14.4. The molecule has 0 heterocycles. The predicted molar refractivity (Wildman–Crippen MR) is 80.0 cm³/mol. The van der Waals surface area contributed by atoms with Crippen LogP contribution in [0.3, 0.4) is 0 Å². The Balaban J connectivity index is 1.71. The van der Waals surface area contributed by atoms with Crippen LogP contribution in [0.4, 0.5) is 11.4 Å². The van der Waals surface area contributed by atoms with Crippen LogP contribution < -0.4 is 15.8 Å². The molecule has 1 aromatic carbocycles. The van der Waals surface area contributed by atoms with E-state index in [-0.39, 0.29) is 10.6 Å². The SMILES string of the molecule is CNS(=O)(=O)c1ccc(NCC2(C3CC3)CC2)cc1N. The van der Waals surface area contributed by atoms with E-state index in [4.69, 9.17) is 5.73 Å². The lowest BCUT2D eigenvalue weighted by Crippen LogP contribution is -2.20. The molecule has 20 heavy (non-hydrogen) atoms. The summed E-state index contributed by atoms with van der Waals surface area (Å²) in [6, 6.07) is 5.04. The average molecular weight is 295 g/mol. The smallest absolute Gasteiger partial charge is 0.242 e. The normalized spacial score (nSPS) is 20.6. The highest BCUT2D eigenvalue weighted by molar-refractivity contribution is 7.89. The van der Waals surface area contributed by atoms with E-state index in [2.05, 4.69) is 10.0 Å². The Hall–Kier alpha value is -1.27. The largest absolute Gasteiger partial charge is 0.398 e. The highest BCUT2D eigenvalue weighted by Gasteiger charge is 2.53. The molecule has 0 aromatic heterocycles. The molecule has 3 rings (SSSR count). The minimum Gasteiger partial charge on any atom is -0.398 e. The van der Waals surface area contributed by atoms with Gasteiger partial charge in [0, 0.05) is 12.2 Å². The van der Waals surface area contributed by atoms with Gasteiger partial charge in [0.25, 0.3) is 0 Å².